The fourth-order valence-electron chi connectivity index (χ4n) is 2.25. The molecule has 1 unspecified atom stereocenters. The quantitative estimate of drug-likeness (QED) is 0.839. The van der Waals surface area contributed by atoms with Crippen LogP contribution in [0.2, 0.25) is 0 Å². The molecule has 5 heteroatoms. The summed E-state index contributed by atoms with van der Waals surface area (Å²) in [4.78, 5) is 23.4. The van der Waals surface area contributed by atoms with Crippen LogP contribution in [-0.4, -0.2) is 31.1 Å². The molecule has 1 atom stereocenters. The molecule has 0 fully saturated rings. The Morgan fingerprint density at radius 3 is 2.90 bits per heavy atom. The van der Waals surface area contributed by atoms with Crippen LogP contribution in [0.1, 0.15) is 25.8 Å². The molecule has 1 amide bonds. The van der Waals surface area contributed by atoms with E-state index in [1.165, 1.54) is 0 Å². The minimum atomic E-state index is -0.296. The lowest BCUT2D eigenvalue weighted by Gasteiger charge is -2.24. The Morgan fingerprint density at radius 1 is 1.38 bits per heavy atom. The van der Waals surface area contributed by atoms with Gasteiger partial charge in [-0.25, -0.2) is 0 Å². The van der Waals surface area contributed by atoms with Crippen molar-refractivity contribution in [2.75, 3.05) is 13.2 Å². The molecule has 1 aromatic rings. The van der Waals surface area contributed by atoms with Gasteiger partial charge in [-0.2, -0.15) is 0 Å². The molecule has 1 aliphatic heterocycles. The standard InChI is InChI=1S/C16H21NO4/c1-11(2)21-15(18)7-8-17-16(19)13-9-12-5-3-4-6-14(12)20-10-13/h3-6,11,13H,7-10H2,1-2H3,(H,17,19). The molecule has 0 saturated carbocycles. The van der Waals surface area contributed by atoms with Crippen LogP contribution >= 0.6 is 0 Å². The van der Waals surface area contributed by atoms with E-state index in [4.69, 9.17) is 9.47 Å². The maximum Gasteiger partial charge on any atom is 0.307 e. The zero-order valence-corrected chi connectivity index (χ0v) is 12.4. The van der Waals surface area contributed by atoms with E-state index in [0.29, 0.717) is 19.6 Å². The Kier molecular flexibility index (Phi) is 5.20. The largest absolute Gasteiger partial charge is 0.492 e. The molecule has 5 nitrogen and oxygen atoms in total. The lowest BCUT2D eigenvalue weighted by atomic mass is 9.96. The third kappa shape index (κ3) is 4.48. The number of amides is 1. The maximum atomic E-state index is 12.1. The first kappa shape index (κ1) is 15.4. The lowest BCUT2D eigenvalue weighted by Crippen LogP contribution is -2.38. The summed E-state index contributed by atoms with van der Waals surface area (Å²) in [6.07, 6.45) is 0.725. The summed E-state index contributed by atoms with van der Waals surface area (Å²) in [5, 5.41) is 2.77. The molecule has 0 bridgehead atoms. The second kappa shape index (κ2) is 7.11. The summed E-state index contributed by atoms with van der Waals surface area (Å²) in [7, 11) is 0. The molecular formula is C16H21NO4. The van der Waals surface area contributed by atoms with E-state index in [1.54, 1.807) is 13.8 Å². The first-order valence-electron chi connectivity index (χ1n) is 7.24. The Balaban J connectivity index is 1.76. The van der Waals surface area contributed by atoms with Crippen LogP contribution in [0.4, 0.5) is 0 Å². The minimum absolute atomic E-state index is 0.0816. The Labute approximate surface area is 124 Å². The topological polar surface area (TPSA) is 64.6 Å². The van der Waals surface area contributed by atoms with Gasteiger partial charge < -0.3 is 14.8 Å². The molecule has 0 aliphatic carbocycles. The average molecular weight is 291 g/mol. The first-order valence-corrected chi connectivity index (χ1v) is 7.24. The molecule has 0 radical (unpaired) electrons. The van der Waals surface area contributed by atoms with Crippen LogP contribution in [0, 0.1) is 5.92 Å². The van der Waals surface area contributed by atoms with E-state index < -0.39 is 0 Å². The first-order chi connectivity index (χ1) is 10.1. The molecule has 2 rings (SSSR count). The summed E-state index contributed by atoms with van der Waals surface area (Å²) in [5.41, 5.74) is 1.04. The van der Waals surface area contributed by atoms with Gasteiger partial charge in [-0.1, -0.05) is 18.2 Å². The van der Waals surface area contributed by atoms with Gasteiger partial charge in [-0.3, -0.25) is 9.59 Å². The lowest BCUT2D eigenvalue weighted by molar-refractivity contribution is -0.147. The van der Waals surface area contributed by atoms with Gasteiger partial charge >= 0.3 is 5.97 Å². The van der Waals surface area contributed by atoms with Crippen LogP contribution < -0.4 is 10.1 Å². The van der Waals surface area contributed by atoms with E-state index in [0.717, 1.165) is 11.3 Å². The number of carbonyl (C=O) groups excluding carboxylic acids is 2. The number of rotatable bonds is 5. The van der Waals surface area contributed by atoms with E-state index in [-0.39, 0.29) is 30.3 Å². The van der Waals surface area contributed by atoms with Crippen molar-refractivity contribution in [1.29, 1.82) is 0 Å². The van der Waals surface area contributed by atoms with Crippen LogP contribution in [-0.2, 0) is 20.7 Å². The van der Waals surface area contributed by atoms with Gasteiger partial charge in [0.25, 0.3) is 0 Å². The third-order valence-corrected chi connectivity index (χ3v) is 3.25. The number of hydrogen-bond donors (Lipinski definition) is 1. The van der Waals surface area contributed by atoms with Gasteiger partial charge in [0.15, 0.2) is 0 Å². The van der Waals surface area contributed by atoms with Gasteiger partial charge in [0.2, 0.25) is 5.91 Å². The Hall–Kier alpha value is -2.04. The molecular weight excluding hydrogens is 270 g/mol. The maximum absolute atomic E-state index is 12.1. The molecule has 0 spiro atoms. The van der Waals surface area contributed by atoms with Crippen molar-refractivity contribution in [3.05, 3.63) is 29.8 Å². The van der Waals surface area contributed by atoms with E-state index in [2.05, 4.69) is 5.32 Å². The van der Waals surface area contributed by atoms with E-state index >= 15 is 0 Å². The number of nitrogens with one attached hydrogen (secondary N) is 1. The molecule has 1 aromatic carbocycles. The monoisotopic (exact) mass is 291 g/mol. The minimum Gasteiger partial charge on any atom is -0.492 e. The molecule has 1 heterocycles. The van der Waals surface area contributed by atoms with Crippen molar-refractivity contribution < 1.29 is 19.1 Å². The summed E-state index contributed by atoms with van der Waals surface area (Å²) in [5.74, 6) is 0.264. The molecule has 0 saturated heterocycles. The molecule has 1 N–H and O–H groups in total. The average Bonchev–Trinajstić information content (AvgIpc) is 2.45. The smallest absolute Gasteiger partial charge is 0.307 e. The highest BCUT2D eigenvalue weighted by atomic mass is 16.5. The Morgan fingerprint density at radius 2 is 2.14 bits per heavy atom. The van der Waals surface area contributed by atoms with Crippen LogP contribution in [0.25, 0.3) is 0 Å². The molecule has 1 aliphatic rings. The summed E-state index contributed by atoms with van der Waals surface area (Å²) in [6.45, 7) is 4.27. The van der Waals surface area contributed by atoms with Crippen molar-refractivity contribution in [2.45, 2.75) is 32.8 Å². The normalized spacial score (nSPS) is 16.8. The summed E-state index contributed by atoms with van der Waals surface area (Å²) in [6, 6.07) is 7.73. The predicted molar refractivity (Wildman–Crippen MR) is 78.0 cm³/mol. The number of fused-ring (bicyclic) bond motifs is 1. The number of carbonyl (C=O) groups is 2. The van der Waals surface area contributed by atoms with Crippen molar-refractivity contribution in [2.24, 2.45) is 5.92 Å². The second-order valence-corrected chi connectivity index (χ2v) is 5.40. The fraction of sp³-hybridized carbons (Fsp3) is 0.500. The van der Waals surface area contributed by atoms with Crippen molar-refractivity contribution in [1.82, 2.24) is 5.32 Å². The second-order valence-electron chi connectivity index (χ2n) is 5.40. The SMILES string of the molecule is CC(C)OC(=O)CCNC(=O)C1COc2ccccc2C1. The number of benzene rings is 1. The van der Waals surface area contributed by atoms with E-state index in [9.17, 15) is 9.59 Å². The molecule has 21 heavy (non-hydrogen) atoms. The zero-order valence-electron chi connectivity index (χ0n) is 12.4. The zero-order chi connectivity index (χ0) is 15.2. The number of ether oxygens (including phenoxy) is 2. The van der Waals surface area contributed by atoms with Crippen molar-refractivity contribution in [3.63, 3.8) is 0 Å². The highest BCUT2D eigenvalue weighted by Gasteiger charge is 2.25. The van der Waals surface area contributed by atoms with Gasteiger partial charge in [0, 0.05) is 6.54 Å². The van der Waals surface area contributed by atoms with E-state index in [1.807, 2.05) is 24.3 Å². The van der Waals surface area contributed by atoms with Crippen LogP contribution in [0.5, 0.6) is 5.75 Å². The van der Waals surface area contributed by atoms with Crippen LogP contribution in [0.15, 0.2) is 24.3 Å². The summed E-state index contributed by atoms with van der Waals surface area (Å²) >= 11 is 0. The van der Waals surface area contributed by atoms with Gasteiger partial charge in [0.1, 0.15) is 12.4 Å². The fourth-order valence-corrected chi connectivity index (χ4v) is 2.25. The number of esters is 1. The molecule has 114 valence electrons. The summed E-state index contributed by atoms with van der Waals surface area (Å²) < 4.78 is 10.6. The number of para-hydroxylation sites is 1. The number of hydrogen-bond acceptors (Lipinski definition) is 4. The van der Waals surface area contributed by atoms with Gasteiger partial charge in [-0.05, 0) is 31.9 Å². The van der Waals surface area contributed by atoms with Crippen molar-refractivity contribution >= 4 is 11.9 Å². The van der Waals surface area contributed by atoms with Crippen LogP contribution in [0.3, 0.4) is 0 Å². The molecule has 0 aromatic heterocycles. The van der Waals surface area contributed by atoms with Gasteiger partial charge in [-0.15, -0.1) is 0 Å². The Bertz CT molecular complexity index is 513. The highest BCUT2D eigenvalue weighted by Crippen LogP contribution is 2.26. The van der Waals surface area contributed by atoms with Crippen molar-refractivity contribution in [3.8, 4) is 5.75 Å². The van der Waals surface area contributed by atoms with Gasteiger partial charge in [0.05, 0.1) is 18.4 Å². The highest BCUT2D eigenvalue weighted by molar-refractivity contribution is 5.80. The predicted octanol–water partition coefficient (Wildman–Crippen LogP) is 1.70. The third-order valence-electron chi connectivity index (χ3n) is 3.25.